The molecule has 2 rings (SSSR count). The number of anilines is 1. The number of hydrogen-bond donors (Lipinski definition) is 1. The van der Waals surface area contributed by atoms with E-state index in [2.05, 4.69) is 5.32 Å². The summed E-state index contributed by atoms with van der Waals surface area (Å²) in [6.45, 7) is 1.17. The number of halogens is 5. The quantitative estimate of drug-likeness (QED) is 0.524. The van der Waals surface area contributed by atoms with Crippen LogP contribution in [0.15, 0.2) is 0 Å². The van der Waals surface area contributed by atoms with Gasteiger partial charge in [0.15, 0.2) is 23.3 Å². The van der Waals surface area contributed by atoms with Gasteiger partial charge in [0.25, 0.3) is 0 Å². The highest BCUT2D eigenvalue weighted by molar-refractivity contribution is 5.51. The lowest BCUT2D eigenvalue weighted by molar-refractivity contribution is 0.363. The van der Waals surface area contributed by atoms with Gasteiger partial charge in [-0.3, -0.25) is 0 Å². The van der Waals surface area contributed by atoms with Crippen LogP contribution in [0.4, 0.5) is 27.6 Å². The van der Waals surface area contributed by atoms with Crippen LogP contribution < -0.4 is 10.2 Å². The van der Waals surface area contributed by atoms with Crippen LogP contribution in [0.1, 0.15) is 12.8 Å². The number of nitrogens with one attached hydrogen (secondary N) is 1. The van der Waals surface area contributed by atoms with E-state index in [4.69, 9.17) is 0 Å². The summed E-state index contributed by atoms with van der Waals surface area (Å²) in [5.41, 5.74) is -0.817. The minimum Gasteiger partial charge on any atom is -0.366 e. The molecule has 1 aromatic rings. The Bertz CT molecular complexity index is 475. The second-order valence-corrected chi connectivity index (χ2v) is 4.93. The Kier molecular flexibility index (Phi) is 4.47. The lowest BCUT2D eigenvalue weighted by atomic mass is 9.97. The molecule has 1 unspecified atom stereocenters. The molecule has 0 aliphatic carbocycles. The molecule has 1 aliphatic rings. The van der Waals surface area contributed by atoms with Gasteiger partial charge in [0, 0.05) is 13.1 Å². The first-order valence-electron chi connectivity index (χ1n) is 6.38. The molecule has 0 spiro atoms. The normalized spacial score (nSPS) is 19.5. The van der Waals surface area contributed by atoms with E-state index in [-0.39, 0.29) is 19.0 Å². The molecule has 7 heteroatoms. The number of hydrogen-bond acceptors (Lipinski definition) is 2. The standard InChI is InChI=1S/C13H15F5N2/c1-19-5-7-3-2-4-20(6-7)13-11(17)9(15)8(14)10(16)12(13)18/h7,19H,2-6H2,1H3. The number of rotatable bonds is 3. The fourth-order valence-electron chi connectivity index (χ4n) is 2.59. The fourth-order valence-corrected chi connectivity index (χ4v) is 2.59. The lowest BCUT2D eigenvalue weighted by Gasteiger charge is -2.34. The van der Waals surface area contributed by atoms with E-state index >= 15 is 0 Å². The van der Waals surface area contributed by atoms with Crippen molar-refractivity contribution in [2.75, 3.05) is 31.6 Å². The molecule has 20 heavy (non-hydrogen) atoms. The highest BCUT2D eigenvalue weighted by Crippen LogP contribution is 2.32. The Morgan fingerprint density at radius 1 is 1.00 bits per heavy atom. The Balaban J connectivity index is 2.37. The summed E-state index contributed by atoms with van der Waals surface area (Å²) in [5.74, 6) is -9.31. The summed E-state index contributed by atoms with van der Waals surface area (Å²) in [4.78, 5) is 1.24. The SMILES string of the molecule is CNCC1CCCN(c2c(F)c(F)c(F)c(F)c2F)C1. The molecule has 1 heterocycles. The largest absolute Gasteiger partial charge is 0.366 e. The van der Waals surface area contributed by atoms with E-state index in [1.165, 1.54) is 4.90 Å². The molecule has 0 bridgehead atoms. The van der Waals surface area contributed by atoms with Gasteiger partial charge in [0.2, 0.25) is 5.82 Å². The minimum absolute atomic E-state index is 0.115. The third-order valence-electron chi connectivity index (χ3n) is 3.51. The molecule has 0 amide bonds. The molecule has 1 fully saturated rings. The van der Waals surface area contributed by atoms with E-state index in [0.717, 1.165) is 6.42 Å². The molecule has 1 N–H and O–H groups in total. The predicted molar refractivity (Wildman–Crippen MR) is 65.1 cm³/mol. The maximum atomic E-state index is 13.7. The third kappa shape index (κ3) is 2.59. The van der Waals surface area contributed by atoms with E-state index in [0.29, 0.717) is 13.0 Å². The first-order chi connectivity index (χ1) is 9.47. The Labute approximate surface area is 113 Å². The number of nitrogens with zero attached hydrogens (tertiary/aromatic N) is 1. The predicted octanol–water partition coefficient (Wildman–Crippen LogP) is 2.82. The van der Waals surface area contributed by atoms with E-state index < -0.39 is 34.8 Å². The van der Waals surface area contributed by atoms with Crippen molar-refractivity contribution < 1.29 is 22.0 Å². The monoisotopic (exact) mass is 294 g/mol. The molecule has 1 saturated heterocycles. The summed E-state index contributed by atoms with van der Waals surface area (Å²) in [7, 11) is 1.75. The van der Waals surface area contributed by atoms with Crippen molar-refractivity contribution >= 4 is 5.69 Å². The maximum absolute atomic E-state index is 13.7. The second-order valence-electron chi connectivity index (χ2n) is 4.93. The van der Waals surface area contributed by atoms with Gasteiger partial charge < -0.3 is 10.2 Å². The highest BCUT2D eigenvalue weighted by atomic mass is 19.2. The Morgan fingerprint density at radius 2 is 1.55 bits per heavy atom. The second kappa shape index (κ2) is 5.95. The van der Waals surface area contributed by atoms with Gasteiger partial charge in [-0.15, -0.1) is 0 Å². The fraction of sp³-hybridized carbons (Fsp3) is 0.538. The zero-order valence-corrected chi connectivity index (χ0v) is 10.9. The molecule has 1 aromatic carbocycles. The van der Waals surface area contributed by atoms with E-state index in [1.54, 1.807) is 7.05 Å². The van der Waals surface area contributed by atoms with Gasteiger partial charge in [0.1, 0.15) is 5.69 Å². The van der Waals surface area contributed by atoms with Crippen LogP contribution in [-0.4, -0.2) is 26.7 Å². The van der Waals surface area contributed by atoms with Crippen LogP contribution in [0.3, 0.4) is 0 Å². The summed E-state index contributed by atoms with van der Waals surface area (Å²) < 4.78 is 66.9. The first-order valence-corrected chi connectivity index (χ1v) is 6.38. The average molecular weight is 294 g/mol. The topological polar surface area (TPSA) is 15.3 Å². The van der Waals surface area contributed by atoms with Crippen LogP contribution in [0.25, 0.3) is 0 Å². The van der Waals surface area contributed by atoms with E-state index in [9.17, 15) is 22.0 Å². The van der Waals surface area contributed by atoms with Crippen LogP contribution in [0, 0.1) is 35.0 Å². The van der Waals surface area contributed by atoms with Gasteiger partial charge in [-0.05, 0) is 32.4 Å². The summed E-state index contributed by atoms with van der Waals surface area (Å²) in [5, 5.41) is 2.95. The smallest absolute Gasteiger partial charge is 0.200 e. The van der Waals surface area contributed by atoms with Crippen LogP contribution in [0.5, 0.6) is 0 Å². The summed E-state index contributed by atoms with van der Waals surface area (Å²) >= 11 is 0. The van der Waals surface area contributed by atoms with Crippen LogP contribution in [0.2, 0.25) is 0 Å². The van der Waals surface area contributed by atoms with Crippen molar-refractivity contribution in [3.63, 3.8) is 0 Å². The average Bonchev–Trinajstić information content (AvgIpc) is 2.44. The molecular weight excluding hydrogens is 279 g/mol. The van der Waals surface area contributed by atoms with Crippen molar-refractivity contribution in [3.05, 3.63) is 29.1 Å². The van der Waals surface area contributed by atoms with Crippen LogP contribution in [-0.2, 0) is 0 Å². The molecule has 2 nitrogen and oxygen atoms in total. The zero-order valence-electron chi connectivity index (χ0n) is 10.9. The molecule has 0 aromatic heterocycles. The van der Waals surface area contributed by atoms with Crippen molar-refractivity contribution in [1.29, 1.82) is 0 Å². The van der Waals surface area contributed by atoms with Gasteiger partial charge in [0.05, 0.1) is 0 Å². The van der Waals surface area contributed by atoms with Crippen molar-refractivity contribution in [1.82, 2.24) is 5.32 Å². The minimum atomic E-state index is -2.12. The third-order valence-corrected chi connectivity index (χ3v) is 3.51. The summed E-state index contributed by atoms with van der Waals surface area (Å²) in [6, 6.07) is 0. The molecule has 1 aliphatic heterocycles. The van der Waals surface area contributed by atoms with Crippen LogP contribution >= 0.6 is 0 Å². The van der Waals surface area contributed by atoms with Crippen molar-refractivity contribution in [2.24, 2.45) is 5.92 Å². The van der Waals surface area contributed by atoms with E-state index in [1.807, 2.05) is 0 Å². The lowest BCUT2D eigenvalue weighted by Crippen LogP contribution is -2.40. The number of piperidine rings is 1. The van der Waals surface area contributed by atoms with Crippen molar-refractivity contribution in [3.8, 4) is 0 Å². The molecule has 1 atom stereocenters. The summed E-state index contributed by atoms with van der Waals surface area (Å²) in [6.07, 6.45) is 1.50. The van der Waals surface area contributed by atoms with Gasteiger partial charge in [-0.25, -0.2) is 22.0 Å². The first kappa shape index (κ1) is 15.0. The number of benzene rings is 1. The molecule has 0 radical (unpaired) electrons. The molecule has 0 saturated carbocycles. The van der Waals surface area contributed by atoms with Crippen molar-refractivity contribution in [2.45, 2.75) is 12.8 Å². The Morgan fingerprint density at radius 3 is 2.10 bits per heavy atom. The van der Waals surface area contributed by atoms with Gasteiger partial charge in [-0.2, -0.15) is 0 Å². The Hall–Kier alpha value is -1.37. The van der Waals surface area contributed by atoms with Gasteiger partial charge in [-0.1, -0.05) is 0 Å². The molecule has 112 valence electrons. The molecular formula is C13H15F5N2. The maximum Gasteiger partial charge on any atom is 0.200 e. The highest BCUT2D eigenvalue weighted by Gasteiger charge is 2.31. The van der Waals surface area contributed by atoms with Gasteiger partial charge >= 0.3 is 0 Å². The zero-order chi connectivity index (χ0) is 14.9.